The number of nitrogens with zero attached hydrogens (tertiary/aromatic N) is 3. The summed E-state index contributed by atoms with van der Waals surface area (Å²) in [5.74, 6) is -1.29. The minimum Gasteiger partial charge on any atom is -0.444 e. The van der Waals surface area contributed by atoms with Crippen molar-refractivity contribution in [3.8, 4) is 10.4 Å². The van der Waals surface area contributed by atoms with E-state index in [1.54, 1.807) is 16.2 Å². The third-order valence-corrected chi connectivity index (χ3v) is 10.3. The Hall–Kier alpha value is -3.63. The number of aliphatic hydroxyl groups is 1. The summed E-state index contributed by atoms with van der Waals surface area (Å²) < 4.78 is 22.4. The number of hydrogen-bond donors (Lipinski definition) is 3. The van der Waals surface area contributed by atoms with Crippen LogP contribution in [-0.4, -0.2) is 126 Å². The van der Waals surface area contributed by atoms with E-state index in [1.807, 2.05) is 85.2 Å². The van der Waals surface area contributed by atoms with Crippen molar-refractivity contribution < 1.29 is 43.2 Å². The second-order valence-electron chi connectivity index (χ2n) is 16.1. The smallest absolute Gasteiger partial charge is 0.410 e. The summed E-state index contributed by atoms with van der Waals surface area (Å²) in [6.45, 7) is 16.9. The number of carbonyl (C=O) groups excluding carboxylic acids is 4. The molecule has 0 spiro atoms. The molecule has 0 bridgehead atoms. The number of aromatic nitrogens is 1. The number of benzene rings is 1. The summed E-state index contributed by atoms with van der Waals surface area (Å²) in [7, 11) is 0. The monoisotopic (exact) mass is 773 g/mol. The quantitative estimate of drug-likeness (QED) is 0.223. The third kappa shape index (κ3) is 12.7. The zero-order chi connectivity index (χ0) is 39.6. The minimum atomic E-state index is -0.959. The van der Waals surface area contributed by atoms with Crippen molar-refractivity contribution in [1.29, 1.82) is 0 Å². The molecule has 0 radical (unpaired) electrons. The first kappa shape index (κ1) is 43.1. The normalized spacial score (nSPS) is 19.4. The fourth-order valence-electron chi connectivity index (χ4n) is 6.41. The molecule has 0 aliphatic carbocycles. The van der Waals surface area contributed by atoms with Crippen LogP contribution in [0, 0.1) is 12.3 Å². The Bertz CT molecular complexity index is 1550. The Kier molecular flexibility index (Phi) is 15.4. The van der Waals surface area contributed by atoms with Gasteiger partial charge in [0.1, 0.15) is 24.3 Å². The Morgan fingerprint density at radius 2 is 1.61 bits per heavy atom. The summed E-state index contributed by atoms with van der Waals surface area (Å²) in [6, 6.07) is 5.73. The Morgan fingerprint density at radius 3 is 2.22 bits per heavy atom. The second-order valence-corrected chi connectivity index (χ2v) is 16.9. The van der Waals surface area contributed by atoms with Gasteiger partial charge in [-0.15, -0.1) is 11.3 Å². The van der Waals surface area contributed by atoms with Crippen LogP contribution in [0.4, 0.5) is 4.79 Å². The van der Waals surface area contributed by atoms with Crippen molar-refractivity contribution in [1.82, 2.24) is 25.4 Å². The Morgan fingerprint density at radius 1 is 0.963 bits per heavy atom. The van der Waals surface area contributed by atoms with E-state index in [2.05, 4.69) is 15.6 Å². The van der Waals surface area contributed by atoms with Crippen molar-refractivity contribution >= 4 is 35.2 Å². The van der Waals surface area contributed by atoms with E-state index in [0.29, 0.717) is 26.3 Å². The first-order valence-corrected chi connectivity index (χ1v) is 19.6. The standard InChI is InChI=1S/C39H59N5O9S/c1-25(27-9-11-28(12-10-27)33-26(2)40-24-54-33)41-35(47)31-21-29(45)22-44(31)36(48)34(38(3,4)5)42-32(46)23-51-18-17-50-19-20-52-30-13-15-43(16-14-30)37(49)53-39(6,7)8/h9-12,24-25,29-31,34,45H,13-23H2,1-8H3,(H,41,47)(H,42,46)/t25?,29-,31+,34?/m1/s1. The summed E-state index contributed by atoms with van der Waals surface area (Å²) in [4.78, 5) is 61.1. The van der Waals surface area contributed by atoms with Gasteiger partial charge in [0.25, 0.3) is 0 Å². The molecule has 0 saturated carbocycles. The number of hydrogen-bond acceptors (Lipinski definition) is 11. The molecule has 3 N–H and O–H groups in total. The molecule has 2 aliphatic rings. The number of likely N-dealkylation sites (tertiary alicyclic amines) is 2. The van der Waals surface area contributed by atoms with Gasteiger partial charge in [0.2, 0.25) is 17.7 Å². The van der Waals surface area contributed by atoms with E-state index in [-0.39, 0.29) is 56.9 Å². The van der Waals surface area contributed by atoms with Crippen LogP contribution >= 0.6 is 11.3 Å². The number of amides is 4. The van der Waals surface area contributed by atoms with Crippen molar-refractivity contribution in [3.05, 3.63) is 41.0 Å². The van der Waals surface area contributed by atoms with Gasteiger partial charge in [0.15, 0.2) is 0 Å². The largest absolute Gasteiger partial charge is 0.444 e. The highest BCUT2D eigenvalue weighted by Crippen LogP contribution is 2.29. The maximum atomic E-state index is 13.9. The predicted octanol–water partition coefficient (Wildman–Crippen LogP) is 4.24. The van der Waals surface area contributed by atoms with Crippen LogP contribution in [0.5, 0.6) is 0 Å². The number of β-amino-alcohol motifs (C(OH)–C–C–N with tert-alkyl or cyclic N) is 1. The zero-order valence-corrected chi connectivity index (χ0v) is 33.8. The highest BCUT2D eigenvalue weighted by Gasteiger charge is 2.44. The molecule has 4 rings (SSSR count). The molecule has 15 heteroatoms. The van der Waals surface area contributed by atoms with E-state index < -0.39 is 41.0 Å². The van der Waals surface area contributed by atoms with E-state index in [0.717, 1.165) is 34.5 Å². The minimum absolute atomic E-state index is 0.0144. The maximum Gasteiger partial charge on any atom is 0.410 e. The molecule has 2 unspecified atom stereocenters. The van der Waals surface area contributed by atoms with Crippen LogP contribution in [0.2, 0.25) is 0 Å². The highest BCUT2D eigenvalue weighted by molar-refractivity contribution is 7.13. The van der Waals surface area contributed by atoms with Crippen LogP contribution < -0.4 is 10.6 Å². The molecule has 1 aromatic heterocycles. The SMILES string of the molecule is Cc1ncsc1-c1ccc(C(C)NC(=O)[C@@H]2C[C@@H](O)CN2C(=O)C(NC(=O)COCCOCCOC2CCN(C(=O)OC(C)(C)C)CC2)C(C)(C)C)cc1. The van der Waals surface area contributed by atoms with E-state index in [4.69, 9.17) is 18.9 Å². The fraction of sp³-hybridized carbons (Fsp3) is 0.667. The molecule has 2 fully saturated rings. The second kappa shape index (κ2) is 19.3. The summed E-state index contributed by atoms with van der Waals surface area (Å²) in [5, 5.41) is 16.4. The highest BCUT2D eigenvalue weighted by atomic mass is 32.1. The number of ether oxygens (including phenoxy) is 4. The molecular weight excluding hydrogens is 715 g/mol. The number of nitrogens with one attached hydrogen (secondary N) is 2. The number of piperidine rings is 1. The zero-order valence-electron chi connectivity index (χ0n) is 33.0. The lowest BCUT2D eigenvalue weighted by molar-refractivity contribution is -0.144. The molecular formula is C39H59N5O9S. The first-order valence-electron chi connectivity index (χ1n) is 18.8. The van der Waals surface area contributed by atoms with Gasteiger partial charge in [0.05, 0.1) is 60.8 Å². The summed E-state index contributed by atoms with van der Waals surface area (Å²) >= 11 is 1.57. The van der Waals surface area contributed by atoms with Crippen LogP contribution in [0.1, 0.15) is 85.0 Å². The molecule has 1 aromatic carbocycles. The topological polar surface area (TPSA) is 169 Å². The lowest BCUT2D eigenvalue weighted by Gasteiger charge is -2.35. The van der Waals surface area contributed by atoms with Gasteiger partial charge in [-0.2, -0.15) is 0 Å². The third-order valence-electron chi connectivity index (χ3n) is 9.34. The van der Waals surface area contributed by atoms with Gasteiger partial charge in [0, 0.05) is 26.1 Å². The van der Waals surface area contributed by atoms with Gasteiger partial charge < -0.3 is 44.5 Å². The van der Waals surface area contributed by atoms with Gasteiger partial charge >= 0.3 is 6.09 Å². The molecule has 2 aliphatic heterocycles. The van der Waals surface area contributed by atoms with Crippen LogP contribution in [0.25, 0.3) is 10.4 Å². The number of carbonyl (C=O) groups is 4. The number of thiazole rings is 1. The van der Waals surface area contributed by atoms with Gasteiger partial charge in [-0.1, -0.05) is 45.0 Å². The molecule has 4 atom stereocenters. The molecule has 2 saturated heterocycles. The van der Waals surface area contributed by atoms with E-state index >= 15 is 0 Å². The summed E-state index contributed by atoms with van der Waals surface area (Å²) in [5.41, 5.74) is 3.51. The van der Waals surface area contributed by atoms with Crippen LogP contribution in [0.15, 0.2) is 29.8 Å². The van der Waals surface area contributed by atoms with Crippen LogP contribution in [-0.2, 0) is 33.3 Å². The van der Waals surface area contributed by atoms with Gasteiger partial charge in [-0.25, -0.2) is 9.78 Å². The average molecular weight is 774 g/mol. The molecule has 2 aromatic rings. The van der Waals surface area contributed by atoms with Gasteiger partial charge in [-0.05, 0) is 64.0 Å². The lowest BCUT2D eigenvalue weighted by atomic mass is 9.85. The van der Waals surface area contributed by atoms with E-state index in [1.165, 1.54) is 4.90 Å². The number of aryl methyl sites for hydroxylation is 1. The predicted molar refractivity (Wildman–Crippen MR) is 205 cm³/mol. The molecule has 3 heterocycles. The van der Waals surface area contributed by atoms with Crippen molar-refractivity contribution in [3.63, 3.8) is 0 Å². The van der Waals surface area contributed by atoms with Gasteiger partial charge in [-0.3, -0.25) is 14.4 Å². The molecule has 14 nitrogen and oxygen atoms in total. The molecule has 54 heavy (non-hydrogen) atoms. The summed E-state index contributed by atoms with van der Waals surface area (Å²) in [6.07, 6.45) is 0.427. The van der Waals surface area contributed by atoms with E-state index in [9.17, 15) is 24.3 Å². The van der Waals surface area contributed by atoms with Crippen molar-refractivity contribution in [2.45, 2.75) is 111 Å². The lowest BCUT2D eigenvalue weighted by Crippen LogP contribution is -2.58. The average Bonchev–Trinajstić information content (AvgIpc) is 3.72. The maximum absolute atomic E-state index is 13.9. The molecule has 300 valence electrons. The number of rotatable bonds is 15. The Balaban J connectivity index is 1.17. The first-order chi connectivity index (χ1) is 25.4. The number of aliphatic hydroxyl groups excluding tert-OH is 1. The fourth-order valence-corrected chi connectivity index (χ4v) is 7.22. The van der Waals surface area contributed by atoms with Crippen LogP contribution in [0.3, 0.4) is 0 Å². The van der Waals surface area contributed by atoms with Crippen molar-refractivity contribution in [2.75, 3.05) is 52.7 Å². The van der Waals surface area contributed by atoms with Crippen molar-refractivity contribution in [2.24, 2.45) is 5.41 Å². The Labute approximate surface area is 323 Å². The molecule has 4 amide bonds.